The van der Waals surface area contributed by atoms with Gasteiger partial charge in [0.1, 0.15) is 6.04 Å². The molecule has 1 heterocycles. The highest BCUT2D eigenvalue weighted by atomic mass is 16.4. The molecule has 0 aromatic heterocycles. The molecule has 1 saturated carbocycles. The lowest BCUT2D eigenvalue weighted by Crippen LogP contribution is -2.46. The van der Waals surface area contributed by atoms with Gasteiger partial charge in [0.25, 0.3) is 0 Å². The number of amides is 2. The van der Waals surface area contributed by atoms with Crippen molar-refractivity contribution in [2.75, 3.05) is 13.1 Å². The molecule has 6 heteroatoms. The van der Waals surface area contributed by atoms with Crippen LogP contribution in [0.15, 0.2) is 0 Å². The highest BCUT2D eigenvalue weighted by Gasteiger charge is 2.38. The van der Waals surface area contributed by atoms with Crippen LogP contribution < -0.4 is 5.32 Å². The molecule has 3 N–H and O–H groups in total. The van der Waals surface area contributed by atoms with Crippen LogP contribution in [0.2, 0.25) is 0 Å². The third-order valence-corrected chi connectivity index (χ3v) is 4.70. The van der Waals surface area contributed by atoms with E-state index in [1.807, 2.05) is 0 Å². The van der Waals surface area contributed by atoms with Crippen molar-refractivity contribution in [1.29, 1.82) is 0 Å². The molecule has 6 nitrogen and oxygen atoms in total. The van der Waals surface area contributed by atoms with Crippen LogP contribution in [0.4, 0.5) is 4.79 Å². The molecular formula is C15H26N2O4. The van der Waals surface area contributed by atoms with Crippen molar-refractivity contribution < 1.29 is 19.8 Å². The zero-order chi connectivity index (χ0) is 15.4. The van der Waals surface area contributed by atoms with Crippen molar-refractivity contribution in [3.63, 3.8) is 0 Å². The summed E-state index contributed by atoms with van der Waals surface area (Å²) in [4.78, 5) is 24.4. The average Bonchev–Trinajstić information content (AvgIpc) is 2.81. The first-order chi connectivity index (χ1) is 9.97. The lowest BCUT2D eigenvalue weighted by atomic mass is 9.81. The van der Waals surface area contributed by atoms with Gasteiger partial charge in [-0.05, 0) is 24.7 Å². The summed E-state index contributed by atoms with van der Waals surface area (Å²) in [5.74, 6) is 0.376. The molecule has 0 radical (unpaired) electrons. The number of aliphatic hydroxyl groups is 1. The Labute approximate surface area is 125 Å². The first-order valence-electron chi connectivity index (χ1n) is 7.92. The molecule has 2 rings (SSSR count). The minimum absolute atomic E-state index is 0.100. The molecule has 0 aromatic rings. The Bertz CT molecular complexity index is 388. The fourth-order valence-electron chi connectivity index (χ4n) is 3.58. The fourth-order valence-corrected chi connectivity index (χ4v) is 3.58. The monoisotopic (exact) mass is 298 g/mol. The van der Waals surface area contributed by atoms with E-state index in [4.69, 9.17) is 5.11 Å². The van der Waals surface area contributed by atoms with Gasteiger partial charge in [0.05, 0.1) is 6.10 Å². The summed E-state index contributed by atoms with van der Waals surface area (Å²) in [6, 6.07) is -1.28. The van der Waals surface area contributed by atoms with Crippen LogP contribution in [0.25, 0.3) is 0 Å². The molecule has 0 bridgehead atoms. The summed E-state index contributed by atoms with van der Waals surface area (Å²) < 4.78 is 0. The van der Waals surface area contributed by atoms with E-state index < -0.39 is 18.1 Å². The van der Waals surface area contributed by atoms with Crippen LogP contribution in [0.1, 0.15) is 45.4 Å². The number of carbonyl (C=O) groups is 2. The number of urea groups is 1. The van der Waals surface area contributed by atoms with Gasteiger partial charge >= 0.3 is 12.0 Å². The summed E-state index contributed by atoms with van der Waals surface area (Å²) in [5.41, 5.74) is 0. The van der Waals surface area contributed by atoms with E-state index in [-0.39, 0.29) is 19.0 Å². The number of carboxylic acids is 1. The number of nitrogens with one attached hydrogen (secondary N) is 1. The molecule has 1 aliphatic heterocycles. The number of hydrogen-bond donors (Lipinski definition) is 3. The minimum Gasteiger partial charge on any atom is -0.480 e. The summed E-state index contributed by atoms with van der Waals surface area (Å²) in [7, 11) is 0. The summed E-state index contributed by atoms with van der Waals surface area (Å²) in [6.45, 7) is 2.95. The zero-order valence-electron chi connectivity index (χ0n) is 12.6. The first kappa shape index (κ1) is 16.1. The van der Waals surface area contributed by atoms with Gasteiger partial charge in [0.15, 0.2) is 0 Å². The smallest absolute Gasteiger partial charge is 0.326 e. The van der Waals surface area contributed by atoms with E-state index in [1.165, 1.54) is 30.6 Å². The van der Waals surface area contributed by atoms with E-state index in [0.717, 1.165) is 12.3 Å². The largest absolute Gasteiger partial charge is 0.480 e. The number of aliphatic carboxylic acids is 1. The number of nitrogens with zero attached hydrogens (tertiary/aromatic N) is 1. The molecule has 4 unspecified atom stereocenters. The second-order valence-electron chi connectivity index (χ2n) is 6.55. The van der Waals surface area contributed by atoms with Crippen molar-refractivity contribution in [3.05, 3.63) is 0 Å². The van der Waals surface area contributed by atoms with Crippen LogP contribution in [0.3, 0.4) is 0 Å². The Hall–Kier alpha value is -1.30. The van der Waals surface area contributed by atoms with Gasteiger partial charge in [-0.15, -0.1) is 0 Å². The van der Waals surface area contributed by atoms with Crippen LogP contribution >= 0.6 is 0 Å². The Kier molecular flexibility index (Phi) is 5.45. The maximum absolute atomic E-state index is 12.1. The van der Waals surface area contributed by atoms with E-state index in [9.17, 15) is 14.7 Å². The highest BCUT2D eigenvalue weighted by Crippen LogP contribution is 2.30. The molecule has 0 aromatic carbocycles. The first-order valence-corrected chi connectivity index (χ1v) is 7.92. The van der Waals surface area contributed by atoms with Gasteiger partial charge in [-0.3, -0.25) is 0 Å². The summed E-state index contributed by atoms with van der Waals surface area (Å²) in [6.07, 6.45) is 5.33. The second-order valence-corrected chi connectivity index (χ2v) is 6.55. The molecule has 2 aliphatic rings. The summed E-state index contributed by atoms with van der Waals surface area (Å²) in [5, 5.41) is 21.4. The third kappa shape index (κ3) is 4.33. The van der Waals surface area contributed by atoms with Crippen molar-refractivity contribution >= 4 is 12.0 Å². The second kappa shape index (κ2) is 7.11. The lowest BCUT2D eigenvalue weighted by Gasteiger charge is -2.27. The summed E-state index contributed by atoms with van der Waals surface area (Å²) >= 11 is 0. The molecule has 2 amide bonds. The average molecular weight is 298 g/mol. The lowest BCUT2D eigenvalue weighted by molar-refractivity contribution is -0.141. The maximum atomic E-state index is 12.1. The van der Waals surface area contributed by atoms with Crippen molar-refractivity contribution in [3.8, 4) is 0 Å². The van der Waals surface area contributed by atoms with E-state index >= 15 is 0 Å². The van der Waals surface area contributed by atoms with Gasteiger partial charge < -0.3 is 20.4 Å². The molecule has 0 spiro atoms. The highest BCUT2D eigenvalue weighted by molar-refractivity contribution is 5.83. The van der Waals surface area contributed by atoms with Gasteiger partial charge in [-0.2, -0.15) is 0 Å². The Morgan fingerprint density at radius 2 is 2.05 bits per heavy atom. The van der Waals surface area contributed by atoms with Crippen molar-refractivity contribution in [1.82, 2.24) is 10.2 Å². The van der Waals surface area contributed by atoms with Gasteiger partial charge in [0, 0.05) is 19.5 Å². The van der Waals surface area contributed by atoms with Crippen molar-refractivity contribution in [2.45, 2.75) is 57.6 Å². The molecule has 2 fully saturated rings. The quantitative estimate of drug-likeness (QED) is 0.732. The van der Waals surface area contributed by atoms with Gasteiger partial charge in [0.2, 0.25) is 0 Å². The predicted molar refractivity (Wildman–Crippen MR) is 77.9 cm³/mol. The molecule has 4 atom stereocenters. The standard InChI is InChI=1S/C15H26N2O4/c1-10-3-2-4-11(7-10)5-6-16-15(21)17-9-12(18)8-13(17)14(19)20/h10-13,18H,2-9H2,1H3,(H,16,21)(H,19,20). The Morgan fingerprint density at radius 1 is 1.29 bits per heavy atom. The minimum atomic E-state index is -1.05. The number of likely N-dealkylation sites (tertiary alicyclic amines) is 1. The third-order valence-electron chi connectivity index (χ3n) is 4.70. The molecule has 1 aliphatic carbocycles. The van der Waals surface area contributed by atoms with Gasteiger partial charge in [-0.25, -0.2) is 9.59 Å². The van der Waals surface area contributed by atoms with E-state index in [2.05, 4.69) is 12.2 Å². The van der Waals surface area contributed by atoms with Crippen LogP contribution in [0.5, 0.6) is 0 Å². The fraction of sp³-hybridized carbons (Fsp3) is 0.867. The molecule has 1 saturated heterocycles. The van der Waals surface area contributed by atoms with Crippen LogP contribution in [0, 0.1) is 11.8 Å². The maximum Gasteiger partial charge on any atom is 0.326 e. The van der Waals surface area contributed by atoms with Crippen molar-refractivity contribution in [2.24, 2.45) is 11.8 Å². The molecule has 21 heavy (non-hydrogen) atoms. The van der Waals surface area contributed by atoms with E-state index in [0.29, 0.717) is 12.5 Å². The van der Waals surface area contributed by atoms with E-state index in [1.54, 1.807) is 0 Å². The molecular weight excluding hydrogens is 272 g/mol. The number of carboxylic acid groups (broad SMARTS) is 1. The number of aliphatic hydroxyl groups excluding tert-OH is 1. The Morgan fingerprint density at radius 3 is 2.71 bits per heavy atom. The Balaban J connectivity index is 1.75. The number of carbonyl (C=O) groups excluding carboxylic acids is 1. The van der Waals surface area contributed by atoms with Crippen LogP contribution in [-0.2, 0) is 4.79 Å². The number of rotatable bonds is 4. The van der Waals surface area contributed by atoms with Gasteiger partial charge in [-0.1, -0.05) is 26.2 Å². The topological polar surface area (TPSA) is 89.9 Å². The predicted octanol–water partition coefficient (Wildman–Crippen LogP) is 1.43. The van der Waals surface area contributed by atoms with Crippen LogP contribution in [-0.4, -0.2) is 52.3 Å². The normalized spacial score (nSPS) is 33.0. The number of β-amino-alcohol motifs (C(OH)–C–C–N with tert-alkyl or cyclic N) is 1. The number of hydrogen-bond acceptors (Lipinski definition) is 3. The SMILES string of the molecule is CC1CCCC(CCNC(=O)N2CC(O)CC2C(=O)O)C1. The zero-order valence-corrected chi connectivity index (χ0v) is 12.6. The molecule has 120 valence electrons.